The van der Waals surface area contributed by atoms with Crippen molar-refractivity contribution in [2.24, 2.45) is 0 Å². The van der Waals surface area contributed by atoms with E-state index >= 15 is 0 Å². The molecule has 104 valence electrons. The van der Waals surface area contributed by atoms with Crippen molar-refractivity contribution in [2.75, 3.05) is 6.61 Å². The second-order valence-corrected chi connectivity index (χ2v) is 6.27. The third-order valence-corrected chi connectivity index (χ3v) is 4.98. The summed E-state index contributed by atoms with van der Waals surface area (Å²) < 4.78 is 12.3. The molecule has 1 unspecified atom stereocenters. The Labute approximate surface area is 123 Å². The molecule has 3 rings (SSSR count). The van der Waals surface area contributed by atoms with E-state index in [4.69, 9.17) is 9.47 Å². The molecule has 0 bridgehead atoms. The first kappa shape index (κ1) is 13.4. The summed E-state index contributed by atoms with van der Waals surface area (Å²) in [6, 6.07) is 8.31. The maximum atomic E-state index is 6.25. The van der Waals surface area contributed by atoms with Crippen molar-refractivity contribution in [1.82, 2.24) is 0 Å². The molecule has 1 spiro atoms. The monoisotopic (exact) mass is 324 g/mol. The maximum absolute atomic E-state index is 6.25. The lowest BCUT2D eigenvalue weighted by Crippen LogP contribution is -2.41. The summed E-state index contributed by atoms with van der Waals surface area (Å²) >= 11 is 3.53. The minimum atomic E-state index is 0.131. The van der Waals surface area contributed by atoms with Gasteiger partial charge in [-0.05, 0) is 18.9 Å². The van der Waals surface area contributed by atoms with Crippen molar-refractivity contribution in [3.63, 3.8) is 0 Å². The number of benzene rings is 1. The molecule has 1 aromatic carbocycles. The van der Waals surface area contributed by atoms with E-state index in [1.54, 1.807) is 0 Å². The average molecular weight is 325 g/mol. The zero-order valence-corrected chi connectivity index (χ0v) is 12.8. The van der Waals surface area contributed by atoms with Gasteiger partial charge in [0.2, 0.25) is 0 Å². The van der Waals surface area contributed by atoms with Gasteiger partial charge in [-0.15, -0.1) is 0 Å². The van der Waals surface area contributed by atoms with E-state index in [1.807, 2.05) is 6.07 Å². The highest BCUT2D eigenvalue weighted by atomic mass is 79.9. The van der Waals surface area contributed by atoms with E-state index in [9.17, 15) is 0 Å². The largest absolute Gasteiger partial charge is 0.490 e. The Kier molecular flexibility index (Phi) is 4.13. The molecule has 1 aliphatic heterocycles. The summed E-state index contributed by atoms with van der Waals surface area (Å²) in [6.07, 6.45) is 7.43. The molecular weight excluding hydrogens is 304 g/mol. The molecule has 0 N–H and O–H groups in total. The van der Waals surface area contributed by atoms with Gasteiger partial charge in [0.25, 0.3) is 0 Å². The Morgan fingerprint density at radius 2 is 2.05 bits per heavy atom. The van der Waals surface area contributed by atoms with Crippen LogP contribution in [0, 0.1) is 0 Å². The Balaban J connectivity index is 1.69. The van der Waals surface area contributed by atoms with Gasteiger partial charge in [-0.25, -0.2) is 0 Å². The minimum Gasteiger partial charge on any atom is -0.490 e. The number of halogens is 1. The summed E-state index contributed by atoms with van der Waals surface area (Å²) in [7, 11) is 0. The summed E-state index contributed by atoms with van der Waals surface area (Å²) in [5, 5.41) is 0.845. The Bertz CT molecular complexity index is 427. The fourth-order valence-electron chi connectivity index (χ4n) is 3.36. The number of hydrogen-bond donors (Lipinski definition) is 0. The summed E-state index contributed by atoms with van der Waals surface area (Å²) in [4.78, 5) is 0. The lowest BCUT2D eigenvalue weighted by Gasteiger charge is -2.38. The Hall–Kier alpha value is -0.540. The van der Waals surface area contributed by atoms with Gasteiger partial charge in [-0.1, -0.05) is 47.0 Å². The molecule has 0 radical (unpaired) electrons. The SMILES string of the molecule is BrCc1ccccc1OC1CCOC2(CCCC2)C1. The quantitative estimate of drug-likeness (QED) is 0.764. The van der Waals surface area contributed by atoms with Crippen molar-refractivity contribution in [2.45, 2.75) is 55.6 Å². The molecule has 1 saturated carbocycles. The van der Waals surface area contributed by atoms with Gasteiger partial charge in [0.15, 0.2) is 0 Å². The van der Waals surface area contributed by atoms with Crippen LogP contribution < -0.4 is 4.74 Å². The molecular formula is C16H21BrO2. The Morgan fingerprint density at radius 1 is 1.26 bits per heavy atom. The van der Waals surface area contributed by atoms with E-state index in [0.717, 1.165) is 30.5 Å². The fourth-order valence-corrected chi connectivity index (χ4v) is 3.82. The van der Waals surface area contributed by atoms with E-state index in [0.29, 0.717) is 6.10 Å². The third kappa shape index (κ3) is 2.97. The first-order valence-electron chi connectivity index (χ1n) is 7.26. The standard InChI is InChI=1S/C16H21BrO2/c17-12-13-5-1-2-6-15(13)19-14-7-10-18-16(11-14)8-3-4-9-16/h1-2,5-6,14H,3-4,7-12H2. The highest BCUT2D eigenvalue weighted by Gasteiger charge is 2.40. The predicted molar refractivity (Wildman–Crippen MR) is 79.9 cm³/mol. The second-order valence-electron chi connectivity index (χ2n) is 5.71. The van der Waals surface area contributed by atoms with Crippen LogP contribution in [0.4, 0.5) is 0 Å². The van der Waals surface area contributed by atoms with Crippen LogP contribution in [0.25, 0.3) is 0 Å². The van der Waals surface area contributed by atoms with Gasteiger partial charge in [-0.3, -0.25) is 0 Å². The van der Waals surface area contributed by atoms with E-state index in [2.05, 4.69) is 34.1 Å². The van der Waals surface area contributed by atoms with Crippen molar-refractivity contribution in [3.05, 3.63) is 29.8 Å². The molecule has 3 heteroatoms. The topological polar surface area (TPSA) is 18.5 Å². The van der Waals surface area contributed by atoms with E-state index < -0.39 is 0 Å². The summed E-state index contributed by atoms with van der Waals surface area (Å²) in [6.45, 7) is 0.848. The zero-order chi connectivity index (χ0) is 13.1. The number of para-hydroxylation sites is 1. The first-order valence-corrected chi connectivity index (χ1v) is 8.38. The van der Waals surface area contributed by atoms with Gasteiger partial charge in [0.05, 0.1) is 12.2 Å². The molecule has 1 aromatic rings. The lowest BCUT2D eigenvalue weighted by molar-refractivity contribution is -0.108. The number of hydrogen-bond acceptors (Lipinski definition) is 2. The molecule has 2 nitrogen and oxygen atoms in total. The molecule has 2 fully saturated rings. The summed E-state index contributed by atoms with van der Waals surface area (Å²) in [5.74, 6) is 1.03. The Morgan fingerprint density at radius 3 is 2.84 bits per heavy atom. The van der Waals surface area contributed by atoms with Gasteiger partial charge in [0, 0.05) is 23.7 Å². The molecule has 1 saturated heterocycles. The lowest BCUT2D eigenvalue weighted by atomic mass is 9.90. The van der Waals surface area contributed by atoms with Gasteiger partial charge in [0.1, 0.15) is 11.9 Å². The van der Waals surface area contributed by atoms with Gasteiger partial charge < -0.3 is 9.47 Å². The highest BCUT2D eigenvalue weighted by molar-refractivity contribution is 9.08. The van der Waals surface area contributed by atoms with Crippen LogP contribution in [0.3, 0.4) is 0 Å². The van der Waals surface area contributed by atoms with Gasteiger partial charge in [-0.2, -0.15) is 0 Å². The normalized spacial score (nSPS) is 25.6. The highest BCUT2D eigenvalue weighted by Crippen LogP contribution is 2.41. The minimum absolute atomic E-state index is 0.131. The van der Waals surface area contributed by atoms with E-state index in [-0.39, 0.29) is 5.60 Å². The number of alkyl halides is 1. The molecule has 1 heterocycles. The van der Waals surface area contributed by atoms with Crippen LogP contribution in [0.5, 0.6) is 5.75 Å². The first-order chi connectivity index (χ1) is 9.31. The molecule has 1 atom stereocenters. The number of rotatable bonds is 3. The van der Waals surface area contributed by atoms with Crippen molar-refractivity contribution >= 4 is 15.9 Å². The predicted octanol–water partition coefficient (Wildman–Crippen LogP) is 4.45. The molecule has 0 aromatic heterocycles. The van der Waals surface area contributed by atoms with Crippen LogP contribution >= 0.6 is 15.9 Å². The second kappa shape index (κ2) is 5.84. The van der Waals surface area contributed by atoms with Crippen LogP contribution in [-0.2, 0) is 10.1 Å². The molecule has 0 amide bonds. The number of ether oxygens (including phenoxy) is 2. The summed E-state index contributed by atoms with van der Waals surface area (Å²) in [5.41, 5.74) is 1.36. The average Bonchev–Trinajstić information content (AvgIpc) is 2.87. The van der Waals surface area contributed by atoms with Crippen LogP contribution in [0.15, 0.2) is 24.3 Å². The zero-order valence-electron chi connectivity index (χ0n) is 11.2. The third-order valence-electron chi connectivity index (χ3n) is 4.37. The van der Waals surface area contributed by atoms with Crippen molar-refractivity contribution in [1.29, 1.82) is 0 Å². The van der Waals surface area contributed by atoms with Crippen LogP contribution in [0.2, 0.25) is 0 Å². The fraction of sp³-hybridized carbons (Fsp3) is 0.625. The maximum Gasteiger partial charge on any atom is 0.123 e. The molecule has 2 aliphatic rings. The van der Waals surface area contributed by atoms with Gasteiger partial charge >= 0.3 is 0 Å². The van der Waals surface area contributed by atoms with Crippen LogP contribution in [0.1, 0.15) is 44.1 Å². The van der Waals surface area contributed by atoms with Crippen molar-refractivity contribution in [3.8, 4) is 5.75 Å². The van der Waals surface area contributed by atoms with E-state index in [1.165, 1.54) is 31.2 Å². The molecule has 19 heavy (non-hydrogen) atoms. The molecule has 1 aliphatic carbocycles. The van der Waals surface area contributed by atoms with Crippen molar-refractivity contribution < 1.29 is 9.47 Å². The smallest absolute Gasteiger partial charge is 0.123 e. The van der Waals surface area contributed by atoms with Crippen LogP contribution in [-0.4, -0.2) is 18.3 Å².